The molecule has 1 atom stereocenters. The van der Waals surface area contributed by atoms with Gasteiger partial charge < -0.3 is 5.32 Å². The molecule has 0 bridgehead atoms. The quantitative estimate of drug-likeness (QED) is 0.857. The van der Waals surface area contributed by atoms with Crippen LogP contribution >= 0.6 is 11.3 Å². The highest BCUT2D eigenvalue weighted by Crippen LogP contribution is 2.26. The lowest BCUT2D eigenvalue weighted by atomic mass is 10.0. The predicted octanol–water partition coefficient (Wildman–Crippen LogP) is 2.76. The Labute approximate surface area is 94.0 Å². The van der Waals surface area contributed by atoms with Crippen molar-refractivity contribution in [2.45, 2.75) is 13.0 Å². The van der Waals surface area contributed by atoms with Crippen LogP contribution in [0.1, 0.15) is 22.0 Å². The zero-order valence-corrected chi connectivity index (χ0v) is 9.71. The minimum atomic E-state index is 0.263. The summed E-state index contributed by atoms with van der Waals surface area (Å²) in [4.78, 5) is 5.52. The second-order valence-corrected chi connectivity index (χ2v) is 4.45. The van der Waals surface area contributed by atoms with Crippen LogP contribution in [0.25, 0.3) is 0 Å². The van der Waals surface area contributed by atoms with Crippen molar-refractivity contribution in [1.29, 1.82) is 0 Å². The van der Waals surface area contributed by atoms with Gasteiger partial charge in [-0.3, -0.25) is 4.98 Å². The normalized spacial score (nSPS) is 12.7. The first-order chi connectivity index (χ1) is 7.33. The highest BCUT2D eigenvalue weighted by atomic mass is 32.1. The van der Waals surface area contributed by atoms with Crippen LogP contribution in [-0.2, 0) is 0 Å². The first kappa shape index (κ1) is 10.3. The summed E-state index contributed by atoms with van der Waals surface area (Å²) in [5.41, 5.74) is 2.53. The molecule has 1 unspecified atom stereocenters. The van der Waals surface area contributed by atoms with Gasteiger partial charge in [0.05, 0.1) is 6.04 Å². The van der Waals surface area contributed by atoms with Gasteiger partial charge in [-0.05, 0) is 42.6 Å². The van der Waals surface area contributed by atoms with Gasteiger partial charge in [-0.2, -0.15) is 0 Å². The zero-order chi connectivity index (χ0) is 10.7. The van der Waals surface area contributed by atoms with Gasteiger partial charge in [-0.25, -0.2) is 0 Å². The first-order valence-electron chi connectivity index (χ1n) is 4.94. The summed E-state index contributed by atoms with van der Waals surface area (Å²) in [6.07, 6.45) is 3.77. The van der Waals surface area contributed by atoms with E-state index in [1.165, 1.54) is 16.0 Å². The third-order valence-corrected chi connectivity index (χ3v) is 3.44. The van der Waals surface area contributed by atoms with Gasteiger partial charge in [-0.1, -0.05) is 6.07 Å². The van der Waals surface area contributed by atoms with Crippen LogP contribution in [0, 0.1) is 6.92 Å². The minimum absolute atomic E-state index is 0.263. The monoisotopic (exact) mass is 218 g/mol. The number of pyridine rings is 1. The van der Waals surface area contributed by atoms with Crippen molar-refractivity contribution in [1.82, 2.24) is 10.3 Å². The largest absolute Gasteiger partial charge is 0.309 e. The van der Waals surface area contributed by atoms with E-state index in [1.807, 2.05) is 25.5 Å². The van der Waals surface area contributed by atoms with Crippen molar-refractivity contribution in [3.8, 4) is 0 Å². The molecule has 2 aromatic rings. The lowest BCUT2D eigenvalue weighted by Crippen LogP contribution is -2.17. The minimum Gasteiger partial charge on any atom is -0.309 e. The Bertz CT molecular complexity index is 423. The summed E-state index contributed by atoms with van der Waals surface area (Å²) in [6, 6.07) is 6.54. The van der Waals surface area contributed by atoms with Gasteiger partial charge in [0.2, 0.25) is 0 Å². The molecular formula is C12H14N2S. The Morgan fingerprint density at radius 3 is 2.87 bits per heavy atom. The molecule has 78 valence electrons. The smallest absolute Gasteiger partial charge is 0.0686 e. The van der Waals surface area contributed by atoms with E-state index in [4.69, 9.17) is 0 Å². The molecule has 3 heteroatoms. The second-order valence-electron chi connectivity index (χ2n) is 3.47. The van der Waals surface area contributed by atoms with Crippen molar-refractivity contribution in [2.24, 2.45) is 0 Å². The molecule has 0 spiro atoms. The summed E-state index contributed by atoms with van der Waals surface area (Å²) < 4.78 is 0. The van der Waals surface area contributed by atoms with Crippen LogP contribution in [0.2, 0.25) is 0 Å². The predicted molar refractivity (Wildman–Crippen MR) is 64.2 cm³/mol. The topological polar surface area (TPSA) is 24.9 Å². The number of aryl methyl sites for hydroxylation is 1. The van der Waals surface area contributed by atoms with Gasteiger partial charge in [-0.15, -0.1) is 11.3 Å². The maximum atomic E-state index is 4.19. The molecule has 2 rings (SSSR count). The summed E-state index contributed by atoms with van der Waals surface area (Å²) >= 11 is 1.77. The lowest BCUT2D eigenvalue weighted by Gasteiger charge is -2.16. The van der Waals surface area contributed by atoms with E-state index in [2.05, 4.69) is 34.7 Å². The SMILES string of the molecule is CNC(c1cccs1)c1cnccc1C. The number of hydrogen-bond donors (Lipinski definition) is 1. The van der Waals surface area contributed by atoms with E-state index in [0.717, 1.165) is 0 Å². The molecule has 2 heterocycles. The zero-order valence-electron chi connectivity index (χ0n) is 8.90. The number of thiophene rings is 1. The maximum Gasteiger partial charge on any atom is 0.0686 e. The molecule has 0 fully saturated rings. The molecule has 0 amide bonds. The van der Waals surface area contributed by atoms with Gasteiger partial charge in [0, 0.05) is 17.3 Å². The number of nitrogens with one attached hydrogen (secondary N) is 1. The molecule has 15 heavy (non-hydrogen) atoms. The Morgan fingerprint density at radius 2 is 2.27 bits per heavy atom. The Balaban J connectivity index is 2.40. The van der Waals surface area contributed by atoms with E-state index in [9.17, 15) is 0 Å². The molecule has 0 aliphatic rings. The molecular weight excluding hydrogens is 204 g/mol. The number of aromatic nitrogens is 1. The van der Waals surface area contributed by atoms with Crippen molar-refractivity contribution in [3.05, 3.63) is 52.0 Å². The highest BCUT2D eigenvalue weighted by Gasteiger charge is 2.14. The molecule has 0 saturated heterocycles. The fraction of sp³-hybridized carbons (Fsp3) is 0.250. The number of nitrogens with zero attached hydrogens (tertiary/aromatic N) is 1. The molecule has 0 aromatic carbocycles. The molecule has 0 saturated carbocycles. The highest BCUT2D eigenvalue weighted by molar-refractivity contribution is 7.10. The lowest BCUT2D eigenvalue weighted by molar-refractivity contribution is 0.696. The third kappa shape index (κ3) is 2.08. The summed E-state index contributed by atoms with van der Waals surface area (Å²) in [6.45, 7) is 2.12. The molecule has 1 N–H and O–H groups in total. The van der Waals surface area contributed by atoms with Crippen LogP contribution in [0.4, 0.5) is 0 Å². The molecule has 0 aliphatic carbocycles. The van der Waals surface area contributed by atoms with E-state index in [1.54, 1.807) is 11.3 Å². The maximum absolute atomic E-state index is 4.19. The van der Waals surface area contributed by atoms with Gasteiger partial charge in [0.15, 0.2) is 0 Å². The van der Waals surface area contributed by atoms with Crippen molar-refractivity contribution in [3.63, 3.8) is 0 Å². The third-order valence-electron chi connectivity index (χ3n) is 2.51. The average molecular weight is 218 g/mol. The van der Waals surface area contributed by atoms with E-state index in [0.29, 0.717) is 0 Å². The summed E-state index contributed by atoms with van der Waals surface area (Å²) in [5.74, 6) is 0. The molecule has 0 radical (unpaired) electrons. The Hall–Kier alpha value is -1.19. The van der Waals surface area contributed by atoms with Crippen molar-refractivity contribution in [2.75, 3.05) is 7.05 Å². The van der Waals surface area contributed by atoms with Crippen molar-refractivity contribution >= 4 is 11.3 Å². The van der Waals surface area contributed by atoms with Crippen LogP contribution in [0.15, 0.2) is 36.0 Å². The van der Waals surface area contributed by atoms with Gasteiger partial charge in [0.25, 0.3) is 0 Å². The fourth-order valence-corrected chi connectivity index (χ4v) is 2.54. The van der Waals surface area contributed by atoms with E-state index < -0.39 is 0 Å². The van der Waals surface area contributed by atoms with Gasteiger partial charge >= 0.3 is 0 Å². The van der Waals surface area contributed by atoms with Gasteiger partial charge in [0.1, 0.15) is 0 Å². The van der Waals surface area contributed by atoms with Crippen LogP contribution < -0.4 is 5.32 Å². The molecule has 0 aliphatic heterocycles. The Morgan fingerprint density at radius 1 is 1.40 bits per heavy atom. The van der Waals surface area contributed by atoms with Crippen LogP contribution in [-0.4, -0.2) is 12.0 Å². The summed E-state index contributed by atoms with van der Waals surface area (Å²) in [5, 5.41) is 5.43. The first-order valence-corrected chi connectivity index (χ1v) is 5.82. The Kier molecular flexibility index (Phi) is 3.14. The fourth-order valence-electron chi connectivity index (χ4n) is 1.68. The standard InChI is InChI=1S/C12H14N2S/c1-9-5-6-14-8-10(9)12(13-2)11-4-3-7-15-11/h3-8,12-13H,1-2H3. The van der Waals surface area contributed by atoms with Crippen LogP contribution in [0.3, 0.4) is 0 Å². The number of hydrogen-bond acceptors (Lipinski definition) is 3. The van der Waals surface area contributed by atoms with E-state index in [-0.39, 0.29) is 6.04 Å². The molecule has 2 aromatic heterocycles. The van der Waals surface area contributed by atoms with Crippen molar-refractivity contribution < 1.29 is 0 Å². The number of rotatable bonds is 3. The second kappa shape index (κ2) is 4.55. The summed E-state index contributed by atoms with van der Waals surface area (Å²) in [7, 11) is 1.98. The average Bonchev–Trinajstić information content (AvgIpc) is 2.75. The molecule has 2 nitrogen and oxygen atoms in total. The van der Waals surface area contributed by atoms with Crippen LogP contribution in [0.5, 0.6) is 0 Å². The van der Waals surface area contributed by atoms with E-state index >= 15 is 0 Å².